The number of aliphatic hydroxyl groups is 1. The molecule has 0 saturated carbocycles. The first kappa shape index (κ1) is 8.06. The second-order valence-electron chi connectivity index (χ2n) is 7.67. The zero-order valence-corrected chi connectivity index (χ0v) is 16.5. The Bertz CT molecular complexity index is 1480. The smallest absolute Gasteiger partial charge is 0.311 e. The number of hydrogen-bond donors (Lipinski definition) is 1. The summed E-state index contributed by atoms with van der Waals surface area (Å²) in [5.74, 6) is -13.2. The predicted octanol–water partition coefficient (Wildman–Crippen LogP) is 4.59. The summed E-state index contributed by atoms with van der Waals surface area (Å²) in [5, 5.41) is 4.37. The maximum atomic E-state index is 14.0. The van der Waals surface area contributed by atoms with Gasteiger partial charge in [0.05, 0.1) is 22.0 Å². The van der Waals surface area contributed by atoms with Gasteiger partial charge in [-0.25, -0.2) is 0 Å². The van der Waals surface area contributed by atoms with Gasteiger partial charge in [0.15, 0.2) is 0 Å². The van der Waals surface area contributed by atoms with Crippen LogP contribution in [0.1, 0.15) is 100 Å². The van der Waals surface area contributed by atoms with Crippen molar-refractivity contribution in [2.75, 3.05) is 0 Å². The molecular formula is C25H38O5. The third kappa shape index (κ3) is 5.16. The Morgan fingerprint density at radius 2 is 2.47 bits per heavy atom. The number of cyclic esters (lactones) is 1. The van der Waals surface area contributed by atoms with E-state index in [0.29, 0.717) is 6.92 Å². The Morgan fingerprint density at radius 3 is 3.20 bits per heavy atom. The Morgan fingerprint density at radius 1 is 1.60 bits per heavy atom. The fraction of sp³-hybridized carbons (Fsp3) is 0.760. The van der Waals surface area contributed by atoms with Gasteiger partial charge in [-0.3, -0.25) is 9.59 Å². The number of rotatable bonds is 7. The first-order valence-corrected chi connectivity index (χ1v) is 9.48. The number of esters is 2. The number of ether oxygens (including phenoxy) is 2. The summed E-state index contributed by atoms with van der Waals surface area (Å²) in [5.41, 5.74) is -4.45. The van der Waals surface area contributed by atoms with Crippen molar-refractivity contribution < 1.29 is 51.6 Å². The third-order valence-corrected chi connectivity index (χ3v) is 5.31. The SMILES string of the molecule is [2H]O[C@@H]1CC(CC[C@@H]2[C@@H]3C(=C([2H])[C@]([2H])(C([2H])([2H])[2H])C([2H])([2H])C3OC(=O)C(C)(C([2H])([2H])[2H])C([2H])([2H])C([2H])([2H])[2H])C([2H])=C([2H])[C@]2([2H])C)OC(=O)C1([2H])[2H]. The van der Waals surface area contributed by atoms with E-state index in [2.05, 4.69) is 5.11 Å². The van der Waals surface area contributed by atoms with Crippen LogP contribution >= 0.6 is 0 Å². The molecule has 2 aliphatic carbocycles. The van der Waals surface area contributed by atoms with Gasteiger partial charge in [-0.15, -0.1) is 0 Å². The van der Waals surface area contributed by atoms with Crippen LogP contribution in [0.5, 0.6) is 0 Å². The maximum Gasteiger partial charge on any atom is 0.311 e. The third-order valence-electron chi connectivity index (χ3n) is 5.31. The zero-order valence-electron chi connectivity index (χ0n) is 37.5. The molecule has 3 aliphatic rings. The number of carbonyl (C=O) groups excluding carboxylic acids is 2. The minimum absolute atomic E-state index is 0.345. The van der Waals surface area contributed by atoms with Gasteiger partial charge in [0, 0.05) is 35.6 Å². The lowest BCUT2D eigenvalue weighted by Gasteiger charge is -2.44. The molecule has 1 fully saturated rings. The number of hydrogen-bond acceptors (Lipinski definition) is 5. The molecule has 1 N–H and O–H groups in total. The summed E-state index contributed by atoms with van der Waals surface area (Å²) < 4.78 is 183. The molecule has 5 nitrogen and oxygen atoms in total. The molecule has 30 heavy (non-hydrogen) atoms. The van der Waals surface area contributed by atoms with Crippen molar-refractivity contribution in [3.8, 4) is 0 Å². The molecule has 0 amide bonds. The lowest BCUT2D eigenvalue weighted by Crippen LogP contribution is -2.43. The molecule has 3 unspecified atom stereocenters. The van der Waals surface area contributed by atoms with Crippen LogP contribution in [0.15, 0.2) is 23.7 Å². The van der Waals surface area contributed by atoms with Gasteiger partial charge in [0.25, 0.3) is 0 Å². The second kappa shape index (κ2) is 9.25. The van der Waals surface area contributed by atoms with Crippen molar-refractivity contribution in [1.82, 2.24) is 0 Å². The van der Waals surface area contributed by atoms with Crippen LogP contribution in [0.2, 0.25) is 0 Å². The molecule has 0 aromatic carbocycles. The van der Waals surface area contributed by atoms with Gasteiger partial charge in [-0.1, -0.05) is 38.8 Å². The minimum Gasteiger partial charge on any atom is -0.462 e. The van der Waals surface area contributed by atoms with Gasteiger partial charge in [-0.05, 0) is 62.6 Å². The molecule has 1 heterocycles. The first-order chi connectivity index (χ1) is 22.5. The molecule has 0 radical (unpaired) electrons. The van der Waals surface area contributed by atoms with Crippen molar-refractivity contribution in [3.63, 3.8) is 0 Å². The van der Waals surface area contributed by atoms with Crippen molar-refractivity contribution >= 4 is 11.9 Å². The van der Waals surface area contributed by atoms with Crippen LogP contribution in [0, 0.1) is 29.0 Å². The number of allylic oxidation sites excluding steroid dienone is 3. The summed E-state index contributed by atoms with van der Waals surface area (Å²) in [6.07, 6.45) is -17.2. The van der Waals surface area contributed by atoms with Gasteiger partial charge in [0.2, 0.25) is 1.43 Å². The summed E-state index contributed by atoms with van der Waals surface area (Å²) in [6, 6.07) is -3.21. The zero-order chi connectivity index (χ0) is 40.1. The number of fused-ring (bicyclic) bond motifs is 1. The van der Waals surface area contributed by atoms with E-state index in [0.717, 1.165) is 6.92 Å². The topological polar surface area (TPSA) is 72.8 Å². The molecule has 5 heteroatoms. The van der Waals surface area contributed by atoms with E-state index >= 15 is 0 Å². The lowest BCUT2D eigenvalue weighted by atomic mass is 9.65. The summed E-state index contributed by atoms with van der Waals surface area (Å²) in [4.78, 5) is 26.4. The van der Waals surface area contributed by atoms with Gasteiger partial charge >= 0.3 is 11.9 Å². The largest absolute Gasteiger partial charge is 0.462 e. The van der Waals surface area contributed by atoms with Crippen molar-refractivity contribution in [3.05, 3.63) is 23.7 Å². The average Bonchev–Trinajstić information content (AvgIpc) is 2.95. The molecular weight excluding hydrogens is 380 g/mol. The highest BCUT2D eigenvalue weighted by Crippen LogP contribution is 2.45. The van der Waals surface area contributed by atoms with Crippen LogP contribution in [-0.2, 0) is 19.1 Å². The molecule has 0 spiro atoms. The van der Waals surface area contributed by atoms with E-state index in [1.807, 2.05) is 0 Å². The number of carbonyl (C=O) groups is 2. The predicted molar refractivity (Wildman–Crippen MR) is 115 cm³/mol. The molecule has 0 bridgehead atoms. The second-order valence-corrected chi connectivity index (χ2v) is 7.67. The highest BCUT2D eigenvalue weighted by molar-refractivity contribution is 5.76. The van der Waals surface area contributed by atoms with E-state index < -0.39 is 136 Å². The van der Waals surface area contributed by atoms with Crippen molar-refractivity contribution in [2.45, 2.75) is 91.1 Å². The standard InChI is InChI=1S/C25H38O5/c1-6-25(4,5)24(28)30-21-12-15(2)11-17-8-7-16(3)20(23(17)21)10-9-19-13-18(26)14-22(27)29-19/h7-8,11,15-16,18-21,23,26H,6,9-10,12-14H2,1-5H3/t15-,16-,18+,19?,20-,21?,23-/m0/s1/i1D3,2D3,4D3,6D2,7D,8D,11D,12D2,14D2,15D,16D,26D/t15-,16-,18+,19?,20-,21?,23-,25?. The van der Waals surface area contributed by atoms with Crippen LogP contribution < -0.4 is 0 Å². The van der Waals surface area contributed by atoms with Crippen LogP contribution in [-0.4, -0.2) is 36.8 Å². The van der Waals surface area contributed by atoms with E-state index in [1.54, 1.807) is 0 Å². The molecule has 1 aliphatic heterocycles. The number of aliphatic hydroxyl groups excluding tert-OH is 1. The molecule has 0 aromatic heterocycles. The van der Waals surface area contributed by atoms with Crippen molar-refractivity contribution in [1.29, 1.82) is 1.43 Å². The summed E-state index contributed by atoms with van der Waals surface area (Å²) in [7, 11) is 0. The molecule has 1 saturated heterocycles. The van der Waals surface area contributed by atoms with Crippen LogP contribution in [0.25, 0.3) is 0 Å². The highest BCUT2D eigenvalue weighted by Gasteiger charge is 2.43. The monoisotopic (exact) mass is 439 g/mol. The normalized spacial score (nSPS) is 59.3. The van der Waals surface area contributed by atoms with Gasteiger partial charge in [-0.2, -0.15) is 0 Å². The van der Waals surface area contributed by atoms with Crippen LogP contribution in [0.3, 0.4) is 0 Å². The Labute approximate surface area is 210 Å². The molecule has 8 atom stereocenters. The van der Waals surface area contributed by atoms with Gasteiger partial charge in [0.1, 0.15) is 12.2 Å². The van der Waals surface area contributed by atoms with Gasteiger partial charge < -0.3 is 14.6 Å². The molecule has 3 rings (SSSR count). The molecule has 168 valence electrons. The maximum absolute atomic E-state index is 14.0. The van der Waals surface area contributed by atoms with E-state index in [-0.39, 0.29) is 6.42 Å². The fourth-order valence-electron chi connectivity index (χ4n) is 3.68. The minimum atomic E-state index is -3.91. The van der Waals surface area contributed by atoms with Crippen molar-refractivity contribution in [2.24, 2.45) is 29.0 Å². The highest BCUT2D eigenvalue weighted by atomic mass is 16.6. The lowest BCUT2D eigenvalue weighted by molar-refractivity contribution is -0.166. The van der Waals surface area contributed by atoms with Crippen LogP contribution in [0.4, 0.5) is 0 Å². The fourth-order valence-corrected chi connectivity index (χ4v) is 3.68. The Balaban J connectivity index is 2.33. The molecule has 0 aromatic rings. The van der Waals surface area contributed by atoms with E-state index in [9.17, 15) is 9.59 Å². The average molecular weight is 440 g/mol. The Hall–Kier alpha value is -1.62. The van der Waals surface area contributed by atoms with E-state index in [4.69, 9.17) is 38.3 Å². The van der Waals surface area contributed by atoms with E-state index in [1.165, 1.54) is 0 Å². The first-order valence-electron chi connectivity index (χ1n) is 19.9. The summed E-state index contributed by atoms with van der Waals surface area (Å²) >= 11 is 0. The Kier molecular flexibility index (Phi) is 2.49. The quantitative estimate of drug-likeness (QED) is 0.588. The summed E-state index contributed by atoms with van der Waals surface area (Å²) in [6.45, 7) is -9.94.